The Hall–Kier alpha value is -2.26. The molecule has 0 saturated heterocycles. The molecule has 6 nitrogen and oxygen atoms in total. The van der Waals surface area contributed by atoms with Gasteiger partial charge < -0.3 is 19.3 Å². The highest BCUT2D eigenvalue weighted by atomic mass is 19.4. The van der Waals surface area contributed by atoms with Crippen molar-refractivity contribution >= 4 is 11.9 Å². The van der Waals surface area contributed by atoms with E-state index < -0.39 is 92.4 Å². The molecule has 0 amide bonds. The molecule has 0 spiro atoms. The van der Waals surface area contributed by atoms with Crippen LogP contribution < -0.4 is 5.32 Å². The van der Waals surface area contributed by atoms with Crippen LogP contribution in [-0.4, -0.2) is 119 Å². The van der Waals surface area contributed by atoms with Crippen LogP contribution in [0, 0.1) is 5.92 Å². The molecule has 0 aromatic carbocycles. The van der Waals surface area contributed by atoms with E-state index in [4.69, 9.17) is 0 Å². The van der Waals surface area contributed by atoms with Crippen LogP contribution >= 0.6 is 0 Å². The van der Waals surface area contributed by atoms with E-state index in [2.05, 4.69) is 14.8 Å². The summed E-state index contributed by atoms with van der Waals surface area (Å²) >= 11 is 0. The number of carbonyl (C=O) groups excluding carboxylic acids is 2. The topological polar surface area (TPSA) is 64.6 Å². The Balaban J connectivity index is 5.71. The summed E-state index contributed by atoms with van der Waals surface area (Å²) < 4.78 is 216. The molecule has 22 heteroatoms. The standard InChI is InChI=1S/C20H25F16N2O4/c1-38(2,3)5-4-37-7-10(12(40)42-9-16(27,28)20(35,36)18(31,32)14(23)24)6-11(39)41-8-15(25,26)19(33,34)17(29,30)13(21)22/h10,13-14,37H,4-9H2,1-3H3/q+1. The maximum Gasteiger partial charge on any atom is 0.381 e. The zero-order valence-corrected chi connectivity index (χ0v) is 21.6. The average Bonchev–Trinajstić information content (AvgIpc) is 2.81. The van der Waals surface area contributed by atoms with Gasteiger partial charge in [-0.2, -0.15) is 52.7 Å². The molecule has 0 aliphatic rings. The molecule has 0 radical (unpaired) electrons. The number of hydrogen-bond acceptors (Lipinski definition) is 5. The first-order valence-electron chi connectivity index (χ1n) is 11.1. The van der Waals surface area contributed by atoms with Crippen LogP contribution in [0.3, 0.4) is 0 Å². The molecular weight excluding hydrogens is 636 g/mol. The van der Waals surface area contributed by atoms with Crippen molar-refractivity contribution in [1.82, 2.24) is 5.32 Å². The largest absolute Gasteiger partial charge is 0.459 e. The van der Waals surface area contributed by atoms with Crippen molar-refractivity contribution in [2.24, 2.45) is 5.92 Å². The number of alkyl halides is 16. The van der Waals surface area contributed by atoms with E-state index >= 15 is 0 Å². The fourth-order valence-corrected chi connectivity index (χ4v) is 2.58. The summed E-state index contributed by atoms with van der Waals surface area (Å²) in [4.78, 5) is 24.0. The number of quaternary nitrogens is 1. The van der Waals surface area contributed by atoms with E-state index in [-0.39, 0.29) is 17.6 Å². The molecule has 250 valence electrons. The first kappa shape index (κ1) is 39.7. The molecule has 1 unspecified atom stereocenters. The number of esters is 2. The van der Waals surface area contributed by atoms with Crippen LogP contribution in [0.5, 0.6) is 0 Å². The fourth-order valence-electron chi connectivity index (χ4n) is 2.58. The van der Waals surface area contributed by atoms with Crippen molar-refractivity contribution in [2.45, 2.75) is 54.8 Å². The molecule has 0 aromatic rings. The second-order valence-electron chi connectivity index (χ2n) is 9.79. The molecule has 0 aliphatic heterocycles. The van der Waals surface area contributed by atoms with Crippen molar-refractivity contribution in [1.29, 1.82) is 0 Å². The number of nitrogens with one attached hydrogen (secondary N) is 1. The van der Waals surface area contributed by atoms with Crippen molar-refractivity contribution in [3.8, 4) is 0 Å². The molecular formula is C20H25F16N2O4+. The maximum atomic E-state index is 13.7. The highest BCUT2D eigenvalue weighted by Gasteiger charge is 2.76. The zero-order valence-electron chi connectivity index (χ0n) is 21.6. The minimum Gasteiger partial charge on any atom is -0.459 e. The summed E-state index contributed by atoms with van der Waals surface area (Å²) in [5, 5.41) is 2.39. The van der Waals surface area contributed by atoms with Gasteiger partial charge in [0.1, 0.15) is 0 Å². The number of carbonyl (C=O) groups is 2. The quantitative estimate of drug-likeness (QED) is 0.0999. The molecule has 0 heterocycles. The van der Waals surface area contributed by atoms with E-state index in [1.807, 2.05) is 0 Å². The predicted molar refractivity (Wildman–Crippen MR) is 107 cm³/mol. The summed E-state index contributed by atoms with van der Waals surface area (Å²) in [6.45, 7) is -6.68. The number of rotatable bonds is 18. The van der Waals surface area contributed by atoms with E-state index in [1.165, 1.54) is 0 Å². The Kier molecular flexibility index (Phi) is 12.9. The number of nitrogens with zero attached hydrogens (tertiary/aromatic N) is 1. The van der Waals surface area contributed by atoms with E-state index in [1.54, 1.807) is 21.1 Å². The van der Waals surface area contributed by atoms with Crippen molar-refractivity contribution < 1.29 is 93.8 Å². The molecule has 1 atom stereocenters. The first-order valence-corrected chi connectivity index (χ1v) is 11.1. The Labute approximate surface area is 226 Å². The van der Waals surface area contributed by atoms with Crippen LogP contribution in [0.15, 0.2) is 0 Å². The van der Waals surface area contributed by atoms with Crippen LogP contribution in [0.2, 0.25) is 0 Å². The van der Waals surface area contributed by atoms with Gasteiger partial charge in [0.25, 0.3) is 0 Å². The summed E-state index contributed by atoms with van der Waals surface area (Å²) in [6, 6.07) is 0. The summed E-state index contributed by atoms with van der Waals surface area (Å²) in [6.07, 6.45) is -12.2. The van der Waals surface area contributed by atoms with Gasteiger partial charge in [-0.3, -0.25) is 9.59 Å². The molecule has 1 N–H and O–H groups in total. The van der Waals surface area contributed by atoms with Crippen LogP contribution in [-0.2, 0) is 19.1 Å². The molecule has 0 saturated carbocycles. The van der Waals surface area contributed by atoms with Gasteiger partial charge >= 0.3 is 60.3 Å². The zero-order chi connectivity index (χ0) is 33.8. The fraction of sp³-hybridized carbons (Fsp3) is 0.900. The van der Waals surface area contributed by atoms with Gasteiger partial charge in [0.15, 0.2) is 13.2 Å². The number of hydrogen-bond donors (Lipinski definition) is 1. The third-order valence-electron chi connectivity index (χ3n) is 5.21. The lowest BCUT2D eigenvalue weighted by Crippen LogP contribution is -2.59. The predicted octanol–water partition coefficient (Wildman–Crippen LogP) is 4.72. The number of ether oxygens (including phenoxy) is 2. The van der Waals surface area contributed by atoms with E-state index in [9.17, 15) is 79.8 Å². The Morgan fingerprint density at radius 3 is 1.43 bits per heavy atom. The summed E-state index contributed by atoms with van der Waals surface area (Å²) in [5.41, 5.74) is 0. The van der Waals surface area contributed by atoms with Gasteiger partial charge in [0.2, 0.25) is 0 Å². The molecule has 0 aliphatic carbocycles. The second kappa shape index (κ2) is 13.6. The van der Waals surface area contributed by atoms with Gasteiger partial charge in [-0.05, 0) is 0 Å². The average molecular weight is 661 g/mol. The van der Waals surface area contributed by atoms with Crippen LogP contribution in [0.4, 0.5) is 70.2 Å². The smallest absolute Gasteiger partial charge is 0.381 e. The van der Waals surface area contributed by atoms with Gasteiger partial charge in [-0.15, -0.1) is 0 Å². The lowest BCUT2D eigenvalue weighted by Gasteiger charge is -2.32. The maximum absolute atomic E-state index is 13.7. The highest BCUT2D eigenvalue weighted by molar-refractivity contribution is 5.80. The molecule has 0 fully saturated rings. The molecule has 0 rings (SSSR count). The Bertz CT molecular complexity index is 909. The third-order valence-corrected chi connectivity index (χ3v) is 5.21. The van der Waals surface area contributed by atoms with Crippen molar-refractivity contribution in [2.75, 3.05) is 54.0 Å². The normalized spacial score (nSPS) is 15.3. The summed E-state index contributed by atoms with van der Waals surface area (Å²) in [7, 11) is 4.90. The molecule has 0 aromatic heterocycles. The first-order chi connectivity index (χ1) is 18.5. The minimum atomic E-state index is -6.79. The van der Waals surface area contributed by atoms with Gasteiger partial charge in [-0.25, -0.2) is 17.6 Å². The Morgan fingerprint density at radius 2 is 1.07 bits per heavy atom. The van der Waals surface area contributed by atoms with E-state index in [0.717, 1.165) is 0 Å². The van der Waals surface area contributed by atoms with Gasteiger partial charge in [0.05, 0.1) is 40.0 Å². The van der Waals surface area contributed by atoms with Gasteiger partial charge in [-0.1, -0.05) is 0 Å². The van der Waals surface area contributed by atoms with Crippen molar-refractivity contribution in [3.63, 3.8) is 0 Å². The SMILES string of the molecule is C[N+](C)(C)CCNCC(CC(=O)OCC(F)(F)C(F)(F)C(F)(F)C(F)F)C(=O)OCC(F)(F)C(F)(F)C(F)(F)C(F)F. The van der Waals surface area contributed by atoms with Crippen LogP contribution in [0.25, 0.3) is 0 Å². The van der Waals surface area contributed by atoms with E-state index in [0.29, 0.717) is 0 Å². The Morgan fingerprint density at radius 1 is 0.690 bits per heavy atom. The monoisotopic (exact) mass is 661 g/mol. The highest BCUT2D eigenvalue weighted by Crippen LogP contribution is 2.49. The third kappa shape index (κ3) is 9.37. The lowest BCUT2D eigenvalue weighted by atomic mass is 10.0. The lowest BCUT2D eigenvalue weighted by molar-refractivity contribution is -0.869. The van der Waals surface area contributed by atoms with Crippen molar-refractivity contribution in [3.05, 3.63) is 0 Å². The molecule has 42 heavy (non-hydrogen) atoms. The second-order valence-corrected chi connectivity index (χ2v) is 9.79. The number of halogens is 16. The molecule has 0 bridgehead atoms. The van der Waals surface area contributed by atoms with Gasteiger partial charge in [0, 0.05) is 13.1 Å². The summed E-state index contributed by atoms with van der Waals surface area (Å²) in [5.74, 6) is -45.6. The minimum absolute atomic E-state index is 0.0792. The van der Waals surface area contributed by atoms with Crippen LogP contribution in [0.1, 0.15) is 6.42 Å². The number of likely N-dealkylation sites (N-methyl/N-ethyl adjacent to an activating group) is 1.